The smallest absolute Gasteiger partial charge is 0.336 e. The van der Waals surface area contributed by atoms with Crippen LogP contribution in [0.15, 0.2) is 37.8 Å². The molecule has 0 bridgehead atoms. The van der Waals surface area contributed by atoms with Gasteiger partial charge in [-0.05, 0) is 23.6 Å². The molecule has 0 spiro atoms. The third-order valence-corrected chi connectivity index (χ3v) is 5.52. The Bertz CT molecular complexity index is 921. The predicted octanol–water partition coefficient (Wildman–Crippen LogP) is 4.01. The fourth-order valence-corrected chi connectivity index (χ4v) is 3.98. The zero-order valence-electron chi connectivity index (χ0n) is 14.2. The standard InChI is InChI=1S/C17H19N3O3S2/c1-10(2)8-18-16-19-20-17(25-16)24-9-11-6-15(21)23-14-7-12(22-3)4-5-13(11)14/h4-7,10H,8-9H2,1-3H3,(H,18,19). The van der Waals surface area contributed by atoms with Crippen molar-refractivity contribution in [2.75, 3.05) is 19.0 Å². The number of rotatable bonds is 7. The van der Waals surface area contributed by atoms with Crippen LogP contribution in [0, 0.1) is 5.92 Å². The summed E-state index contributed by atoms with van der Waals surface area (Å²) in [5.74, 6) is 1.82. The fraction of sp³-hybridized carbons (Fsp3) is 0.353. The van der Waals surface area contributed by atoms with Gasteiger partial charge in [0.2, 0.25) is 5.13 Å². The third kappa shape index (κ3) is 4.52. The summed E-state index contributed by atoms with van der Waals surface area (Å²) in [6.45, 7) is 5.15. The number of hydrogen-bond donors (Lipinski definition) is 1. The van der Waals surface area contributed by atoms with Gasteiger partial charge in [-0.3, -0.25) is 0 Å². The summed E-state index contributed by atoms with van der Waals surface area (Å²) >= 11 is 3.07. The lowest BCUT2D eigenvalue weighted by Crippen LogP contribution is -2.07. The molecule has 0 unspecified atom stereocenters. The summed E-state index contributed by atoms with van der Waals surface area (Å²) in [7, 11) is 1.58. The van der Waals surface area contributed by atoms with E-state index < -0.39 is 0 Å². The van der Waals surface area contributed by atoms with Gasteiger partial charge in [0, 0.05) is 29.8 Å². The molecule has 3 rings (SSSR count). The van der Waals surface area contributed by atoms with Crippen LogP contribution in [0.25, 0.3) is 11.0 Å². The van der Waals surface area contributed by atoms with Crippen LogP contribution >= 0.6 is 23.1 Å². The molecule has 0 fully saturated rings. The quantitative estimate of drug-likeness (QED) is 0.492. The second-order valence-corrected chi connectivity index (χ2v) is 8.09. The zero-order chi connectivity index (χ0) is 17.8. The van der Waals surface area contributed by atoms with Crippen LogP contribution in [-0.4, -0.2) is 23.9 Å². The van der Waals surface area contributed by atoms with Crippen molar-refractivity contribution in [1.29, 1.82) is 0 Å². The van der Waals surface area contributed by atoms with Gasteiger partial charge in [-0.25, -0.2) is 4.79 Å². The Hall–Kier alpha value is -2.06. The molecule has 0 saturated carbocycles. The summed E-state index contributed by atoms with van der Waals surface area (Å²) in [4.78, 5) is 11.8. The average molecular weight is 377 g/mol. The lowest BCUT2D eigenvalue weighted by atomic mass is 10.1. The van der Waals surface area contributed by atoms with Crippen molar-refractivity contribution in [3.63, 3.8) is 0 Å². The number of hydrogen-bond acceptors (Lipinski definition) is 8. The van der Waals surface area contributed by atoms with E-state index in [4.69, 9.17) is 9.15 Å². The third-order valence-electron chi connectivity index (χ3n) is 3.46. The minimum Gasteiger partial charge on any atom is -0.497 e. The van der Waals surface area contributed by atoms with Crippen molar-refractivity contribution in [1.82, 2.24) is 10.2 Å². The number of nitrogens with zero attached hydrogens (tertiary/aromatic N) is 2. The summed E-state index contributed by atoms with van der Waals surface area (Å²) in [5, 5.41) is 13.3. The number of fused-ring (bicyclic) bond motifs is 1. The number of methoxy groups -OCH3 is 1. The maximum Gasteiger partial charge on any atom is 0.336 e. The molecule has 0 saturated heterocycles. The molecule has 0 radical (unpaired) electrons. The van der Waals surface area contributed by atoms with Crippen LogP contribution in [0.4, 0.5) is 5.13 Å². The van der Waals surface area contributed by atoms with Gasteiger partial charge < -0.3 is 14.5 Å². The van der Waals surface area contributed by atoms with Gasteiger partial charge >= 0.3 is 5.63 Å². The number of ether oxygens (including phenoxy) is 1. The fourth-order valence-electron chi connectivity index (χ4n) is 2.23. The molecule has 0 aliphatic rings. The molecule has 132 valence electrons. The first kappa shape index (κ1) is 17.8. The van der Waals surface area contributed by atoms with Gasteiger partial charge in [0.05, 0.1) is 7.11 Å². The Morgan fingerprint density at radius 2 is 2.16 bits per heavy atom. The second-order valence-electron chi connectivity index (χ2n) is 5.89. The zero-order valence-corrected chi connectivity index (χ0v) is 15.9. The number of benzene rings is 1. The minimum atomic E-state index is -0.368. The highest BCUT2D eigenvalue weighted by atomic mass is 32.2. The van der Waals surface area contributed by atoms with Crippen LogP contribution in [-0.2, 0) is 5.75 Å². The number of aromatic nitrogens is 2. The Balaban J connectivity index is 1.76. The van der Waals surface area contributed by atoms with Crippen molar-refractivity contribution in [2.45, 2.75) is 23.9 Å². The molecule has 3 aromatic rings. The first-order valence-electron chi connectivity index (χ1n) is 7.86. The lowest BCUT2D eigenvalue weighted by Gasteiger charge is -2.06. The van der Waals surface area contributed by atoms with E-state index >= 15 is 0 Å². The largest absolute Gasteiger partial charge is 0.497 e. The molecule has 2 aromatic heterocycles. The Morgan fingerprint density at radius 1 is 1.32 bits per heavy atom. The molecular formula is C17H19N3O3S2. The normalized spacial score (nSPS) is 11.2. The highest BCUT2D eigenvalue weighted by Crippen LogP contribution is 2.31. The Morgan fingerprint density at radius 3 is 2.92 bits per heavy atom. The van der Waals surface area contributed by atoms with E-state index in [2.05, 4.69) is 29.4 Å². The van der Waals surface area contributed by atoms with Gasteiger partial charge in [-0.15, -0.1) is 10.2 Å². The van der Waals surface area contributed by atoms with Crippen molar-refractivity contribution in [3.05, 3.63) is 40.2 Å². The molecule has 1 aromatic carbocycles. The number of nitrogens with one attached hydrogen (secondary N) is 1. The SMILES string of the molecule is COc1ccc2c(CSc3nnc(NCC(C)C)s3)cc(=O)oc2c1. The van der Waals surface area contributed by atoms with Crippen molar-refractivity contribution >= 4 is 39.2 Å². The Kier molecular flexibility index (Phi) is 5.60. The molecule has 1 N–H and O–H groups in total. The molecular weight excluding hydrogens is 358 g/mol. The molecule has 0 aliphatic carbocycles. The maximum absolute atomic E-state index is 11.8. The van der Waals surface area contributed by atoms with E-state index in [-0.39, 0.29) is 5.63 Å². The molecule has 25 heavy (non-hydrogen) atoms. The molecule has 0 aliphatic heterocycles. The van der Waals surface area contributed by atoms with Gasteiger partial charge in [0.1, 0.15) is 11.3 Å². The number of thioether (sulfide) groups is 1. The first-order chi connectivity index (χ1) is 12.0. The van der Waals surface area contributed by atoms with E-state index in [1.165, 1.54) is 17.4 Å². The topological polar surface area (TPSA) is 77.3 Å². The van der Waals surface area contributed by atoms with Gasteiger partial charge in [-0.1, -0.05) is 36.9 Å². The van der Waals surface area contributed by atoms with Crippen LogP contribution in [0.5, 0.6) is 5.75 Å². The van der Waals surface area contributed by atoms with Gasteiger partial charge in [0.25, 0.3) is 0 Å². The van der Waals surface area contributed by atoms with E-state index in [9.17, 15) is 4.79 Å². The molecule has 0 amide bonds. The van der Waals surface area contributed by atoms with Crippen molar-refractivity contribution in [3.8, 4) is 5.75 Å². The highest BCUT2D eigenvalue weighted by molar-refractivity contribution is 8.00. The molecule has 2 heterocycles. The molecule has 8 heteroatoms. The van der Waals surface area contributed by atoms with Crippen molar-refractivity contribution in [2.24, 2.45) is 5.92 Å². The van der Waals surface area contributed by atoms with Crippen molar-refractivity contribution < 1.29 is 9.15 Å². The van der Waals surface area contributed by atoms with Crippen LogP contribution < -0.4 is 15.7 Å². The van der Waals surface area contributed by atoms with Crippen LogP contribution in [0.3, 0.4) is 0 Å². The van der Waals surface area contributed by atoms with Gasteiger partial charge in [0.15, 0.2) is 4.34 Å². The first-order valence-corrected chi connectivity index (χ1v) is 9.66. The van der Waals surface area contributed by atoms with Gasteiger partial charge in [-0.2, -0.15) is 0 Å². The van der Waals surface area contributed by atoms with Crippen LogP contribution in [0.2, 0.25) is 0 Å². The summed E-state index contributed by atoms with van der Waals surface area (Å²) in [6.07, 6.45) is 0. The van der Waals surface area contributed by atoms with E-state index in [0.717, 1.165) is 27.0 Å². The van der Waals surface area contributed by atoms with E-state index in [1.807, 2.05) is 12.1 Å². The summed E-state index contributed by atoms with van der Waals surface area (Å²) in [5.41, 5.74) is 1.07. The summed E-state index contributed by atoms with van der Waals surface area (Å²) in [6, 6.07) is 7.02. The Labute approximate surface area is 153 Å². The predicted molar refractivity (Wildman–Crippen MR) is 102 cm³/mol. The maximum atomic E-state index is 11.8. The monoisotopic (exact) mass is 377 g/mol. The lowest BCUT2D eigenvalue weighted by molar-refractivity contribution is 0.414. The molecule has 6 nitrogen and oxygen atoms in total. The summed E-state index contributed by atoms with van der Waals surface area (Å²) < 4.78 is 11.3. The van der Waals surface area contributed by atoms with E-state index in [0.29, 0.717) is 23.0 Å². The number of anilines is 1. The van der Waals surface area contributed by atoms with E-state index in [1.54, 1.807) is 24.9 Å². The average Bonchev–Trinajstić information content (AvgIpc) is 3.05. The van der Waals surface area contributed by atoms with Crippen LogP contribution in [0.1, 0.15) is 19.4 Å². The highest BCUT2D eigenvalue weighted by Gasteiger charge is 2.10. The second kappa shape index (κ2) is 7.88. The minimum absolute atomic E-state index is 0.368. The molecule has 0 atom stereocenters.